The summed E-state index contributed by atoms with van der Waals surface area (Å²) in [4.78, 5) is 0. The maximum atomic E-state index is 5.51. The summed E-state index contributed by atoms with van der Waals surface area (Å²) in [5.74, 6) is 0. The van der Waals surface area contributed by atoms with E-state index >= 15 is 0 Å². The normalized spacial score (nSPS) is 9.08. The molecule has 0 aliphatic carbocycles. The van der Waals surface area contributed by atoms with Crippen molar-refractivity contribution in [1.29, 1.82) is 0 Å². The molecule has 0 aliphatic rings. The third-order valence-electron chi connectivity index (χ3n) is 1.40. The smallest absolute Gasteiger partial charge is 0.170 e. The van der Waals surface area contributed by atoms with E-state index in [9.17, 15) is 0 Å². The second-order valence-electron chi connectivity index (χ2n) is 2.33. The Balaban J connectivity index is 2.64. The van der Waals surface area contributed by atoms with Crippen LogP contribution in [-0.2, 0) is 0 Å². The van der Waals surface area contributed by atoms with Gasteiger partial charge in [0.25, 0.3) is 0 Å². The van der Waals surface area contributed by atoms with E-state index in [0.717, 1.165) is 11.4 Å². The van der Waals surface area contributed by atoms with Crippen LogP contribution < -0.4 is 16.4 Å². The van der Waals surface area contributed by atoms with Crippen LogP contribution in [0.5, 0.6) is 0 Å². The number of nitrogen functional groups attached to an aromatic ring is 1. The highest BCUT2D eigenvalue weighted by atomic mass is 32.1. The molecule has 1 rings (SSSR count). The van der Waals surface area contributed by atoms with Gasteiger partial charge in [-0.1, -0.05) is 0 Å². The Hall–Kier alpha value is -1.29. The van der Waals surface area contributed by atoms with Gasteiger partial charge in [-0.25, -0.2) is 0 Å². The maximum absolute atomic E-state index is 5.51. The molecule has 0 spiro atoms. The van der Waals surface area contributed by atoms with Crippen LogP contribution in [0.25, 0.3) is 0 Å². The summed E-state index contributed by atoms with van der Waals surface area (Å²) in [5, 5.41) is 6.40. The summed E-state index contributed by atoms with van der Waals surface area (Å²) in [7, 11) is 1.77. The minimum atomic E-state index is 0.597. The summed E-state index contributed by atoms with van der Waals surface area (Å²) < 4.78 is 0. The minimum Gasteiger partial charge on any atom is -0.399 e. The van der Waals surface area contributed by atoms with Crippen molar-refractivity contribution in [2.45, 2.75) is 0 Å². The van der Waals surface area contributed by atoms with Crippen LogP contribution in [-0.4, -0.2) is 12.2 Å². The predicted octanol–water partition coefficient (Wildman–Crippen LogP) is 1.19. The van der Waals surface area contributed by atoms with Gasteiger partial charge in [0.1, 0.15) is 0 Å². The van der Waals surface area contributed by atoms with E-state index in [4.69, 9.17) is 18.0 Å². The standard InChI is InChI=1S/C8H11N3S/c1-10-8(12)11-7-4-2-6(9)3-5-7/h2-5H,9H2,1H3,(H2,10,11,12). The van der Waals surface area contributed by atoms with Gasteiger partial charge in [0, 0.05) is 18.4 Å². The molecule has 0 unspecified atom stereocenters. The third-order valence-corrected chi connectivity index (χ3v) is 1.70. The van der Waals surface area contributed by atoms with Crippen molar-refractivity contribution in [2.24, 2.45) is 0 Å². The van der Waals surface area contributed by atoms with Gasteiger partial charge in [0.2, 0.25) is 0 Å². The molecule has 1 aromatic carbocycles. The molecule has 64 valence electrons. The van der Waals surface area contributed by atoms with E-state index in [-0.39, 0.29) is 0 Å². The highest BCUT2D eigenvalue weighted by Gasteiger charge is 1.92. The number of benzene rings is 1. The average Bonchev–Trinajstić information content (AvgIpc) is 2.09. The van der Waals surface area contributed by atoms with Crippen molar-refractivity contribution < 1.29 is 0 Å². The molecule has 0 saturated carbocycles. The molecule has 0 saturated heterocycles. The van der Waals surface area contributed by atoms with Gasteiger partial charge < -0.3 is 16.4 Å². The lowest BCUT2D eigenvalue weighted by molar-refractivity contribution is 1.20. The van der Waals surface area contributed by atoms with E-state index in [1.807, 2.05) is 24.3 Å². The van der Waals surface area contributed by atoms with Crippen LogP contribution in [0.3, 0.4) is 0 Å². The van der Waals surface area contributed by atoms with E-state index in [1.54, 1.807) is 7.05 Å². The number of hydrogen-bond acceptors (Lipinski definition) is 2. The van der Waals surface area contributed by atoms with Gasteiger partial charge >= 0.3 is 0 Å². The zero-order valence-corrected chi connectivity index (χ0v) is 7.61. The Morgan fingerprint density at radius 3 is 2.42 bits per heavy atom. The molecule has 0 fully saturated rings. The quantitative estimate of drug-likeness (QED) is 0.450. The van der Waals surface area contributed by atoms with Gasteiger partial charge in [-0.3, -0.25) is 0 Å². The second-order valence-corrected chi connectivity index (χ2v) is 2.73. The maximum Gasteiger partial charge on any atom is 0.170 e. The first-order chi connectivity index (χ1) is 5.72. The Bertz CT molecular complexity index is 268. The summed E-state index contributed by atoms with van der Waals surface area (Å²) >= 11 is 4.92. The number of rotatable bonds is 1. The molecule has 0 bridgehead atoms. The predicted molar refractivity (Wildman–Crippen MR) is 56.1 cm³/mol. The fourth-order valence-electron chi connectivity index (χ4n) is 0.760. The van der Waals surface area contributed by atoms with E-state index in [1.165, 1.54) is 0 Å². The fraction of sp³-hybridized carbons (Fsp3) is 0.125. The molecule has 3 nitrogen and oxygen atoms in total. The van der Waals surface area contributed by atoms with Gasteiger partial charge in [-0.05, 0) is 36.5 Å². The first kappa shape index (κ1) is 8.80. The van der Waals surface area contributed by atoms with Crippen LogP contribution in [0.4, 0.5) is 11.4 Å². The van der Waals surface area contributed by atoms with E-state index < -0.39 is 0 Å². The lowest BCUT2D eigenvalue weighted by Crippen LogP contribution is -2.23. The van der Waals surface area contributed by atoms with Gasteiger partial charge in [0.15, 0.2) is 5.11 Å². The number of anilines is 2. The summed E-state index contributed by atoms with van der Waals surface area (Å²) in [6, 6.07) is 7.39. The Morgan fingerprint density at radius 1 is 1.33 bits per heavy atom. The zero-order valence-electron chi connectivity index (χ0n) is 6.79. The number of nitrogens with two attached hydrogens (primary N) is 1. The van der Waals surface area contributed by atoms with Gasteiger partial charge in [0.05, 0.1) is 0 Å². The molecule has 0 amide bonds. The van der Waals surface area contributed by atoms with Crippen LogP contribution in [0.2, 0.25) is 0 Å². The highest BCUT2D eigenvalue weighted by Crippen LogP contribution is 2.09. The van der Waals surface area contributed by atoms with E-state index in [2.05, 4.69) is 10.6 Å². The van der Waals surface area contributed by atoms with Crippen LogP contribution >= 0.6 is 12.2 Å². The lowest BCUT2D eigenvalue weighted by atomic mass is 10.3. The van der Waals surface area contributed by atoms with Crippen molar-refractivity contribution in [2.75, 3.05) is 18.1 Å². The second kappa shape index (κ2) is 3.92. The molecular formula is C8H11N3S. The van der Waals surface area contributed by atoms with Crippen molar-refractivity contribution in [3.63, 3.8) is 0 Å². The largest absolute Gasteiger partial charge is 0.399 e. The number of thiocarbonyl (C=S) groups is 1. The van der Waals surface area contributed by atoms with Crippen molar-refractivity contribution in [3.05, 3.63) is 24.3 Å². The highest BCUT2D eigenvalue weighted by molar-refractivity contribution is 7.80. The molecule has 4 N–H and O–H groups in total. The molecule has 4 heteroatoms. The molecule has 0 atom stereocenters. The Kier molecular flexibility index (Phi) is 2.88. The van der Waals surface area contributed by atoms with Gasteiger partial charge in [-0.15, -0.1) is 0 Å². The summed E-state index contributed by atoms with van der Waals surface area (Å²) in [5.41, 5.74) is 7.19. The fourth-order valence-corrected chi connectivity index (χ4v) is 0.878. The van der Waals surface area contributed by atoms with E-state index in [0.29, 0.717) is 5.11 Å². The molecule has 12 heavy (non-hydrogen) atoms. The van der Waals surface area contributed by atoms with Crippen LogP contribution in [0.15, 0.2) is 24.3 Å². The SMILES string of the molecule is CNC(=S)Nc1ccc(N)cc1. The Labute approximate surface area is 77.0 Å². The molecule has 0 aromatic heterocycles. The lowest BCUT2D eigenvalue weighted by Gasteiger charge is -2.06. The third kappa shape index (κ3) is 2.39. The summed E-state index contributed by atoms with van der Waals surface area (Å²) in [6.45, 7) is 0. The van der Waals surface area contributed by atoms with Gasteiger partial charge in [-0.2, -0.15) is 0 Å². The molecule has 0 heterocycles. The van der Waals surface area contributed by atoms with Crippen molar-refractivity contribution in [1.82, 2.24) is 5.32 Å². The molecule has 0 aliphatic heterocycles. The molecule has 0 radical (unpaired) electrons. The number of nitrogens with one attached hydrogen (secondary N) is 2. The first-order valence-corrected chi connectivity index (χ1v) is 3.97. The number of hydrogen-bond donors (Lipinski definition) is 3. The average molecular weight is 181 g/mol. The Morgan fingerprint density at radius 2 is 1.92 bits per heavy atom. The molecular weight excluding hydrogens is 170 g/mol. The zero-order chi connectivity index (χ0) is 8.97. The van der Waals surface area contributed by atoms with Crippen LogP contribution in [0, 0.1) is 0 Å². The first-order valence-electron chi connectivity index (χ1n) is 3.56. The van der Waals surface area contributed by atoms with Crippen LogP contribution in [0.1, 0.15) is 0 Å². The summed E-state index contributed by atoms with van der Waals surface area (Å²) in [6.07, 6.45) is 0. The van der Waals surface area contributed by atoms with Crippen molar-refractivity contribution >= 4 is 28.7 Å². The topological polar surface area (TPSA) is 50.1 Å². The molecule has 1 aromatic rings. The van der Waals surface area contributed by atoms with Crippen molar-refractivity contribution in [3.8, 4) is 0 Å². The minimum absolute atomic E-state index is 0.597. The monoisotopic (exact) mass is 181 g/mol.